The molecule has 30 heavy (non-hydrogen) atoms. The molecule has 0 unspecified atom stereocenters. The average molecular weight is 413 g/mol. The number of rotatable bonds is 8. The summed E-state index contributed by atoms with van der Waals surface area (Å²) >= 11 is 0. The minimum Gasteiger partial charge on any atom is -0.534 e. The van der Waals surface area contributed by atoms with E-state index in [0.717, 1.165) is 55.5 Å². The summed E-state index contributed by atoms with van der Waals surface area (Å²) < 4.78 is 5.76. The molecule has 1 aliphatic carbocycles. The summed E-state index contributed by atoms with van der Waals surface area (Å²) in [5.74, 6) is 0.685. The standard InChI is InChI=1S/C23H36BN3O3/c1-16(2)20-7-5-6-18-15-21(24(29)30-23(18)20)26-22(28)14-17-8-10-19(11-9-17)25-12-13-27(3)4/h5-7,17,19,21,25,29H,1,8-15H2,2-4H3,(H,26,28)/t17?,19?,21-/m0/s1. The van der Waals surface area contributed by atoms with E-state index in [1.807, 2.05) is 25.1 Å². The van der Waals surface area contributed by atoms with Crippen molar-refractivity contribution in [3.8, 4) is 5.75 Å². The Hall–Kier alpha value is -1.83. The number of carbonyl (C=O) groups is 1. The van der Waals surface area contributed by atoms with Crippen molar-refractivity contribution in [2.75, 3.05) is 27.2 Å². The number of hydrogen-bond donors (Lipinski definition) is 3. The third-order valence-corrected chi connectivity index (χ3v) is 6.24. The van der Waals surface area contributed by atoms with Crippen LogP contribution in [0.3, 0.4) is 0 Å². The molecule has 1 atom stereocenters. The second-order valence-electron chi connectivity index (χ2n) is 9.14. The predicted octanol–water partition coefficient (Wildman–Crippen LogP) is 2.26. The number of allylic oxidation sites excluding steroid dienone is 1. The molecule has 1 aliphatic heterocycles. The van der Waals surface area contributed by atoms with Gasteiger partial charge in [-0.15, -0.1) is 0 Å². The third kappa shape index (κ3) is 6.09. The molecule has 1 amide bonds. The lowest BCUT2D eigenvalue weighted by molar-refractivity contribution is -0.122. The van der Waals surface area contributed by atoms with Crippen molar-refractivity contribution < 1.29 is 14.5 Å². The quantitative estimate of drug-likeness (QED) is 0.571. The minimum atomic E-state index is -1.04. The van der Waals surface area contributed by atoms with Crippen molar-refractivity contribution >= 4 is 18.6 Å². The van der Waals surface area contributed by atoms with Crippen molar-refractivity contribution in [1.29, 1.82) is 0 Å². The van der Waals surface area contributed by atoms with E-state index in [1.165, 1.54) is 0 Å². The number of nitrogens with zero attached hydrogens (tertiary/aromatic N) is 1. The SMILES string of the molecule is C=C(C)c1cccc2c1OB(O)[C@@H](NC(=O)CC1CCC(NCCN(C)C)CC1)C2. The van der Waals surface area contributed by atoms with Crippen molar-refractivity contribution in [1.82, 2.24) is 15.5 Å². The Morgan fingerprint density at radius 2 is 2.03 bits per heavy atom. The molecule has 6 nitrogen and oxygen atoms in total. The van der Waals surface area contributed by atoms with E-state index in [4.69, 9.17) is 4.65 Å². The Morgan fingerprint density at radius 1 is 1.30 bits per heavy atom. The van der Waals surface area contributed by atoms with E-state index in [-0.39, 0.29) is 5.91 Å². The summed E-state index contributed by atoms with van der Waals surface area (Å²) in [4.78, 5) is 14.8. The molecule has 1 fully saturated rings. The largest absolute Gasteiger partial charge is 0.547 e. The topological polar surface area (TPSA) is 73.8 Å². The number of fused-ring (bicyclic) bond motifs is 1. The van der Waals surface area contributed by atoms with Gasteiger partial charge in [0, 0.05) is 31.1 Å². The van der Waals surface area contributed by atoms with Crippen LogP contribution in [0.25, 0.3) is 5.57 Å². The van der Waals surface area contributed by atoms with Crippen LogP contribution in [0.1, 0.15) is 50.2 Å². The first-order valence-electron chi connectivity index (χ1n) is 11.1. The molecule has 1 aromatic rings. The van der Waals surface area contributed by atoms with Crippen LogP contribution in [0.5, 0.6) is 5.75 Å². The second kappa shape index (κ2) is 10.5. The van der Waals surface area contributed by atoms with Crippen molar-refractivity contribution in [3.63, 3.8) is 0 Å². The molecule has 1 heterocycles. The van der Waals surface area contributed by atoms with E-state index < -0.39 is 13.1 Å². The number of hydrogen-bond acceptors (Lipinski definition) is 5. The number of nitrogens with one attached hydrogen (secondary N) is 2. The number of benzene rings is 1. The van der Waals surface area contributed by atoms with Crippen LogP contribution in [0, 0.1) is 5.92 Å². The van der Waals surface area contributed by atoms with E-state index >= 15 is 0 Å². The van der Waals surface area contributed by atoms with Crippen LogP contribution < -0.4 is 15.3 Å². The van der Waals surface area contributed by atoms with E-state index in [2.05, 4.69) is 36.2 Å². The second-order valence-corrected chi connectivity index (χ2v) is 9.14. The summed E-state index contributed by atoms with van der Waals surface area (Å²) in [6.07, 6.45) is 5.47. The lowest BCUT2D eigenvalue weighted by Crippen LogP contribution is -2.53. The first-order chi connectivity index (χ1) is 14.3. The van der Waals surface area contributed by atoms with Gasteiger partial charge < -0.3 is 25.2 Å². The highest BCUT2D eigenvalue weighted by molar-refractivity contribution is 6.46. The molecule has 0 radical (unpaired) electrons. The predicted molar refractivity (Wildman–Crippen MR) is 122 cm³/mol. The van der Waals surface area contributed by atoms with Crippen LogP contribution in [0.15, 0.2) is 24.8 Å². The van der Waals surface area contributed by atoms with Crippen molar-refractivity contribution in [3.05, 3.63) is 35.9 Å². The molecule has 0 bridgehead atoms. The zero-order valence-corrected chi connectivity index (χ0v) is 18.6. The van der Waals surface area contributed by atoms with Crippen molar-refractivity contribution in [2.24, 2.45) is 5.92 Å². The lowest BCUT2D eigenvalue weighted by atomic mass is 9.72. The fourth-order valence-corrected chi connectivity index (χ4v) is 4.47. The summed E-state index contributed by atoms with van der Waals surface area (Å²) in [6, 6.07) is 6.46. The normalized spacial score (nSPS) is 23.6. The smallest absolute Gasteiger partial charge is 0.534 e. The maximum atomic E-state index is 12.6. The van der Waals surface area contributed by atoms with Crippen LogP contribution in [-0.2, 0) is 11.2 Å². The highest BCUT2D eigenvalue weighted by atomic mass is 16.5. The maximum Gasteiger partial charge on any atom is 0.547 e. The van der Waals surface area contributed by atoms with Crippen LogP contribution in [-0.4, -0.2) is 62.1 Å². The molecule has 7 heteroatoms. The molecular weight excluding hydrogens is 377 g/mol. The van der Waals surface area contributed by atoms with E-state index in [1.54, 1.807) is 0 Å². The van der Waals surface area contributed by atoms with Gasteiger partial charge in [-0.2, -0.15) is 0 Å². The highest BCUT2D eigenvalue weighted by Gasteiger charge is 2.37. The molecule has 1 saturated carbocycles. The van der Waals surface area contributed by atoms with Gasteiger partial charge in [-0.25, -0.2) is 0 Å². The maximum absolute atomic E-state index is 12.6. The zero-order chi connectivity index (χ0) is 21.7. The first-order valence-corrected chi connectivity index (χ1v) is 11.1. The minimum absolute atomic E-state index is 0.00572. The summed E-state index contributed by atoms with van der Waals surface area (Å²) in [5, 5.41) is 17.1. The van der Waals surface area contributed by atoms with Crippen molar-refractivity contribution in [2.45, 2.75) is 57.4 Å². The Bertz CT molecular complexity index is 747. The first kappa shape index (κ1) is 22.9. The van der Waals surface area contributed by atoms with Gasteiger partial charge in [0.05, 0.1) is 5.94 Å². The third-order valence-electron chi connectivity index (χ3n) is 6.24. The summed E-state index contributed by atoms with van der Waals surface area (Å²) in [7, 11) is 3.13. The molecule has 3 N–H and O–H groups in total. The fourth-order valence-electron chi connectivity index (χ4n) is 4.47. The monoisotopic (exact) mass is 413 g/mol. The van der Waals surface area contributed by atoms with Gasteiger partial charge in [0.15, 0.2) is 0 Å². The van der Waals surface area contributed by atoms with Gasteiger partial charge >= 0.3 is 7.12 Å². The van der Waals surface area contributed by atoms with Crippen LogP contribution >= 0.6 is 0 Å². The van der Waals surface area contributed by atoms with Gasteiger partial charge in [-0.05, 0) is 70.2 Å². The zero-order valence-electron chi connectivity index (χ0n) is 18.6. The number of likely N-dealkylation sites (N-methyl/N-ethyl adjacent to an activating group) is 1. The molecule has 164 valence electrons. The Labute approximate surface area is 181 Å². The van der Waals surface area contributed by atoms with Crippen LogP contribution in [0.4, 0.5) is 0 Å². The van der Waals surface area contributed by atoms with Gasteiger partial charge in [-0.3, -0.25) is 4.79 Å². The van der Waals surface area contributed by atoms with E-state index in [0.29, 0.717) is 30.6 Å². The molecule has 3 rings (SSSR count). The van der Waals surface area contributed by atoms with Gasteiger partial charge in [0.25, 0.3) is 0 Å². The molecule has 0 spiro atoms. The Morgan fingerprint density at radius 3 is 2.70 bits per heavy atom. The van der Waals surface area contributed by atoms with Gasteiger partial charge in [0.1, 0.15) is 5.75 Å². The average Bonchev–Trinajstić information content (AvgIpc) is 2.69. The van der Waals surface area contributed by atoms with Crippen LogP contribution in [0.2, 0.25) is 0 Å². The highest BCUT2D eigenvalue weighted by Crippen LogP contribution is 2.33. The Kier molecular flexibility index (Phi) is 7.97. The van der Waals surface area contributed by atoms with Gasteiger partial charge in [0.2, 0.25) is 5.91 Å². The molecule has 2 aliphatic rings. The fraction of sp³-hybridized carbons (Fsp3) is 0.609. The summed E-state index contributed by atoms with van der Waals surface area (Å²) in [5.41, 5.74) is 2.80. The lowest BCUT2D eigenvalue weighted by Gasteiger charge is -2.31. The number of para-hydroxylation sites is 1. The number of amides is 1. The molecular formula is C23H36BN3O3. The number of carbonyl (C=O) groups excluding carboxylic acids is 1. The Balaban J connectivity index is 1.46. The summed E-state index contributed by atoms with van der Waals surface area (Å²) in [6.45, 7) is 7.96. The van der Waals surface area contributed by atoms with Gasteiger partial charge in [-0.1, -0.05) is 24.8 Å². The molecule has 0 aromatic heterocycles. The molecule has 1 aromatic carbocycles. The van der Waals surface area contributed by atoms with E-state index in [9.17, 15) is 9.82 Å². The molecule has 0 saturated heterocycles.